The normalized spacial score (nSPS) is 13.5. The summed E-state index contributed by atoms with van der Waals surface area (Å²) in [5.41, 5.74) is 0.902. The van der Waals surface area contributed by atoms with Gasteiger partial charge in [-0.1, -0.05) is 25.1 Å². The number of alkyl halides is 3. The molecule has 0 saturated carbocycles. The maximum absolute atomic E-state index is 12.8. The molecule has 0 radical (unpaired) electrons. The van der Waals surface area contributed by atoms with Gasteiger partial charge in [-0.25, -0.2) is 4.98 Å². The number of nitrogens with zero attached hydrogens (tertiary/aromatic N) is 2. The highest BCUT2D eigenvalue weighted by atomic mass is 19.4. The Hall–Kier alpha value is -2.51. The van der Waals surface area contributed by atoms with Gasteiger partial charge in [-0.2, -0.15) is 13.2 Å². The van der Waals surface area contributed by atoms with E-state index in [0.29, 0.717) is 36.9 Å². The second-order valence-electron chi connectivity index (χ2n) is 6.41. The molecule has 0 spiro atoms. The average Bonchev–Trinajstić information content (AvgIpc) is 2.95. The van der Waals surface area contributed by atoms with Crippen LogP contribution in [0, 0.1) is 13.8 Å². The van der Waals surface area contributed by atoms with Crippen LogP contribution in [0.3, 0.4) is 0 Å². The number of aromatic nitrogens is 1. The summed E-state index contributed by atoms with van der Waals surface area (Å²) in [4.78, 5) is 8.41. The predicted octanol–water partition coefficient (Wildman–Crippen LogP) is 4.17. The van der Waals surface area contributed by atoms with Gasteiger partial charge in [0.05, 0.1) is 17.8 Å². The lowest BCUT2D eigenvalue weighted by Crippen LogP contribution is -2.37. The standard InChI is InChI=1S/C19H25F3N4O/c1-12(15-6-5-7-16(10-15)19(20,21)22)8-9-24-18(23-4)25-11-17-26-13(2)14(3)27-17/h5-7,10,12H,8-9,11H2,1-4H3,(H2,23,24,25). The zero-order valence-corrected chi connectivity index (χ0v) is 15.9. The number of hydrogen-bond acceptors (Lipinski definition) is 3. The molecule has 2 rings (SSSR count). The molecule has 2 aromatic rings. The average molecular weight is 382 g/mol. The van der Waals surface area contributed by atoms with Gasteiger partial charge in [0.15, 0.2) is 5.96 Å². The van der Waals surface area contributed by atoms with E-state index in [9.17, 15) is 13.2 Å². The second-order valence-corrected chi connectivity index (χ2v) is 6.41. The van der Waals surface area contributed by atoms with Crippen LogP contribution in [0.25, 0.3) is 0 Å². The minimum absolute atomic E-state index is 0.0186. The number of nitrogens with one attached hydrogen (secondary N) is 2. The number of hydrogen-bond donors (Lipinski definition) is 2. The Bertz CT molecular complexity index is 764. The Morgan fingerprint density at radius 3 is 2.59 bits per heavy atom. The largest absolute Gasteiger partial charge is 0.444 e. The molecule has 8 heteroatoms. The Labute approximate surface area is 157 Å². The van der Waals surface area contributed by atoms with Crippen molar-refractivity contribution in [1.82, 2.24) is 15.6 Å². The Kier molecular flexibility index (Phi) is 6.87. The molecule has 0 aliphatic carbocycles. The van der Waals surface area contributed by atoms with Crippen molar-refractivity contribution in [3.8, 4) is 0 Å². The topological polar surface area (TPSA) is 62.5 Å². The number of halogens is 3. The molecule has 0 saturated heterocycles. The summed E-state index contributed by atoms with van der Waals surface area (Å²) in [6.45, 7) is 6.61. The van der Waals surface area contributed by atoms with Gasteiger partial charge in [0.25, 0.3) is 0 Å². The van der Waals surface area contributed by atoms with Crippen LogP contribution in [0.1, 0.15) is 47.7 Å². The van der Waals surface area contributed by atoms with Crippen LogP contribution in [-0.4, -0.2) is 24.5 Å². The van der Waals surface area contributed by atoms with Crippen LogP contribution in [0.15, 0.2) is 33.7 Å². The molecule has 0 bridgehead atoms. The number of rotatable bonds is 6. The highest BCUT2D eigenvalue weighted by Crippen LogP contribution is 2.31. The van der Waals surface area contributed by atoms with Gasteiger partial charge in [-0.3, -0.25) is 4.99 Å². The maximum Gasteiger partial charge on any atom is 0.416 e. The number of oxazole rings is 1. The van der Waals surface area contributed by atoms with Gasteiger partial charge in [0, 0.05) is 13.6 Å². The van der Waals surface area contributed by atoms with Gasteiger partial charge < -0.3 is 15.1 Å². The smallest absolute Gasteiger partial charge is 0.416 e. The van der Waals surface area contributed by atoms with E-state index in [0.717, 1.165) is 17.5 Å². The lowest BCUT2D eigenvalue weighted by atomic mass is 9.96. The summed E-state index contributed by atoms with van der Waals surface area (Å²) in [6, 6.07) is 5.47. The number of guanidine groups is 1. The second kappa shape index (κ2) is 8.92. The third kappa shape index (κ3) is 6.01. The molecule has 27 heavy (non-hydrogen) atoms. The molecule has 1 aromatic heterocycles. The molecular formula is C19H25F3N4O. The summed E-state index contributed by atoms with van der Waals surface area (Å²) in [5.74, 6) is 1.92. The first-order valence-electron chi connectivity index (χ1n) is 8.75. The van der Waals surface area contributed by atoms with Crippen LogP contribution >= 0.6 is 0 Å². The first-order chi connectivity index (χ1) is 12.7. The van der Waals surface area contributed by atoms with Gasteiger partial charge >= 0.3 is 6.18 Å². The minimum Gasteiger partial charge on any atom is -0.444 e. The molecule has 0 aliphatic heterocycles. The molecule has 1 heterocycles. The van der Waals surface area contributed by atoms with Crippen LogP contribution in [0.4, 0.5) is 13.2 Å². The number of benzene rings is 1. The fourth-order valence-electron chi connectivity index (χ4n) is 2.59. The first-order valence-corrected chi connectivity index (χ1v) is 8.75. The molecule has 0 amide bonds. The van der Waals surface area contributed by atoms with E-state index in [1.807, 2.05) is 20.8 Å². The Balaban J connectivity index is 1.83. The lowest BCUT2D eigenvalue weighted by molar-refractivity contribution is -0.137. The molecule has 0 fully saturated rings. The summed E-state index contributed by atoms with van der Waals surface area (Å²) >= 11 is 0. The molecule has 1 atom stereocenters. The fraction of sp³-hybridized carbons (Fsp3) is 0.474. The van der Waals surface area contributed by atoms with E-state index in [1.54, 1.807) is 13.1 Å². The van der Waals surface area contributed by atoms with E-state index >= 15 is 0 Å². The molecular weight excluding hydrogens is 357 g/mol. The zero-order chi connectivity index (χ0) is 20.0. The molecule has 148 valence electrons. The highest BCUT2D eigenvalue weighted by Gasteiger charge is 2.30. The predicted molar refractivity (Wildman–Crippen MR) is 98.7 cm³/mol. The van der Waals surface area contributed by atoms with Crippen molar-refractivity contribution in [2.75, 3.05) is 13.6 Å². The Morgan fingerprint density at radius 1 is 1.26 bits per heavy atom. The zero-order valence-electron chi connectivity index (χ0n) is 15.9. The molecule has 2 N–H and O–H groups in total. The Morgan fingerprint density at radius 2 is 2.00 bits per heavy atom. The first kappa shape index (κ1) is 20.8. The van der Waals surface area contributed by atoms with Gasteiger partial charge in [-0.05, 0) is 37.8 Å². The molecule has 1 aromatic carbocycles. The fourth-order valence-corrected chi connectivity index (χ4v) is 2.59. The maximum atomic E-state index is 12.8. The van der Waals surface area contributed by atoms with Crippen molar-refractivity contribution in [3.05, 3.63) is 52.7 Å². The molecule has 1 unspecified atom stereocenters. The molecule has 0 aliphatic rings. The van der Waals surface area contributed by atoms with Crippen LogP contribution in [0.2, 0.25) is 0 Å². The van der Waals surface area contributed by atoms with E-state index in [-0.39, 0.29) is 5.92 Å². The summed E-state index contributed by atoms with van der Waals surface area (Å²) in [6.07, 6.45) is -3.66. The lowest BCUT2D eigenvalue weighted by Gasteiger charge is -2.16. The van der Waals surface area contributed by atoms with Crippen LogP contribution in [-0.2, 0) is 12.7 Å². The van der Waals surface area contributed by atoms with E-state index in [4.69, 9.17) is 4.42 Å². The van der Waals surface area contributed by atoms with Gasteiger partial charge in [0.2, 0.25) is 5.89 Å². The monoisotopic (exact) mass is 382 g/mol. The van der Waals surface area contributed by atoms with Crippen molar-refractivity contribution in [3.63, 3.8) is 0 Å². The van der Waals surface area contributed by atoms with Crippen molar-refractivity contribution in [1.29, 1.82) is 0 Å². The number of aliphatic imine (C=N–C) groups is 1. The van der Waals surface area contributed by atoms with Gasteiger partial charge in [0.1, 0.15) is 5.76 Å². The van der Waals surface area contributed by atoms with Crippen molar-refractivity contribution in [2.24, 2.45) is 4.99 Å². The summed E-state index contributed by atoms with van der Waals surface area (Å²) in [7, 11) is 1.65. The van der Waals surface area contributed by atoms with Crippen molar-refractivity contribution in [2.45, 2.75) is 45.8 Å². The van der Waals surface area contributed by atoms with Crippen molar-refractivity contribution < 1.29 is 17.6 Å². The highest BCUT2D eigenvalue weighted by molar-refractivity contribution is 5.79. The van der Waals surface area contributed by atoms with Crippen molar-refractivity contribution >= 4 is 5.96 Å². The van der Waals surface area contributed by atoms with E-state index < -0.39 is 11.7 Å². The van der Waals surface area contributed by atoms with Crippen LogP contribution in [0.5, 0.6) is 0 Å². The summed E-state index contributed by atoms with van der Waals surface area (Å²) in [5, 5.41) is 6.26. The third-order valence-corrected chi connectivity index (χ3v) is 4.36. The molecule has 5 nitrogen and oxygen atoms in total. The minimum atomic E-state index is -4.32. The van der Waals surface area contributed by atoms with Gasteiger partial charge in [-0.15, -0.1) is 0 Å². The number of aryl methyl sites for hydroxylation is 2. The van der Waals surface area contributed by atoms with Crippen LogP contribution < -0.4 is 10.6 Å². The quantitative estimate of drug-likeness (QED) is 0.581. The SMILES string of the molecule is CN=C(NCCC(C)c1cccc(C(F)(F)F)c1)NCc1nc(C)c(C)o1. The van der Waals surface area contributed by atoms with E-state index in [1.165, 1.54) is 12.1 Å². The third-order valence-electron chi connectivity index (χ3n) is 4.36. The van der Waals surface area contributed by atoms with E-state index in [2.05, 4.69) is 20.6 Å². The summed E-state index contributed by atoms with van der Waals surface area (Å²) < 4.78 is 44.0.